The van der Waals surface area contributed by atoms with E-state index in [9.17, 15) is 14.4 Å². The van der Waals surface area contributed by atoms with Crippen LogP contribution < -0.4 is 10.1 Å². The fraction of sp³-hybridized carbons (Fsp3) is 0.185. The second-order valence-electron chi connectivity index (χ2n) is 7.73. The first-order valence-electron chi connectivity index (χ1n) is 11.1. The van der Waals surface area contributed by atoms with E-state index < -0.39 is 17.8 Å². The Morgan fingerprint density at radius 3 is 2.44 bits per heavy atom. The molecule has 2 heterocycles. The molecule has 0 unspecified atom stereocenters. The molecule has 0 aliphatic rings. The number of benzene rings is 2. The third-order valence-electron chi connectivity index (χ3n) is 5.54. The Hall–Kier alpha value is -4.24. The SMILES string of the molecule is CCOc1cccc(-c2cc(C(=O)Nc3sc(C(=O)OC)c(C)c3C(=O)OC)c3ccccc3n2)c1. The van der Waals surface area contributed by atoms with Crippen LogP contribution in [0.4, 0.5) is 5.00 Å². The van der Waals surface area contributed by atoms with Crippen molar-refractivity contribution in [3.8, 4) is 17.0 Å². The van der Waals surface area contributed by atoms with Gasteiger partial charge in [0.15, 0.2) is 0 Å². The molecule has 4 aromatic rings. The van der Waals surface area contributed by atoms with Gasteiger partial charge in [-0.3, -0.25) is 4.79 Å². The van der Waals surface area contributed by atoms with Gasteiger partial charge in [-0.1, -0.05) is 30.3 Å². The number of esters is 2. The number of fused-ring (bicyclic) bond motifs is 1. The first-order chi connectivity index (χ1) is 17.4. The van der Waals surface area contributed by atoms with Gasteiger partial charge in [0, 0.05) is 10.9 Å². The van der Waals surface area contributed by atoms with Crippen molar-refractivity contribution in [1.82, 2.24) is 4.98 Å². The predicted octanol–water partition coefficient (Wildman–Crippen LogP) is 5.50. The van der Waals surface area contributed by atoms with Crippen molar-refractivity contribution in [2.45, 2.75) is 13.8 Å². The highest BCUT2D eigenvalue weighted by Crippen LogP contribution is 2.35. The number of nitrogens with zero attached hydrogens (tertiary/aromatic N) is 1. The van der Waals surface area contributed by atoms with E-state index >= 15 is 0 Å². The summed E-state index contributed by atoms with van der Waals surface area (Å²) in [5.74, 6) is -1.03. The monoisotopic (exact) mass is 504 g/mol. The zero-order valence-electron chi connectivity index (χ0n) is 20.2. The second-order valence-corrected chi connectivity index (χ2v) is 8.75. The minimum absolute atomic E-state index is 0.110. The molecule has 0 fully saturated rings. The smallest absolute Gasteiger partial charge is 0.348 e. The van der Waals surface area contributed by atoms with Crippen LogP contribution in [-0.4, -0.2) is 43.7 Å². The van der Waals surface area contributed by atoms with Crippen molar-refractivity contribution in [2.24, 2.45) is 0 Å². The number of hydrogen-bond donors (Lipinski definition) is 1. The maximum atomic E-state index is 13.6. The number of carbonyl (C=O) groups is 3. The van der Waals surface area contributed by atoms with E-state index in [4.69, 9.17) is 19.2 Å². The summed E-state index contributed by atoms with van der Waals surface area (Å²) in [7, 11) is 2.49. The molecular weight excluding hydrogens is 480 g/mol. The van der Waals surface area contributed by atoms with Crippen molar-refractivity contribution in [2.75, 3.05) is 26.1 Å². The summed E-state index contributed by atoms with van der Waals surface area (Å²) in [6.07, 6.45) is 0. The lowest BCUT2D eigenvalue weighted by Crippen LogP contribution is -2.15. The van der Waals surface area contributed by atoms with Gasteiger partial charge in [-0.25, -0.2) is 14.6 Å². The van der Waals surface area contributed by atoms with Gasteiger partial charge in [0.05, 0.1) is 43.2 Å². The van der Waals surface area contributed by atoms with Gasteiger partial charge >= 0.3 is 11.9 Å². The van der Waals surface area contributed by atoms with Crippen molar-refractivity contribution >= 4 is 45.1 Å². The molecule has 0 spiro atoms. The third-order valence-corrected chi connectivity index (χ3v) is 6.72. The molecule has 0 saturated heterocycles. The minimum Gasteiger partial charge on any atom is -0.494 e. The Morgan fingerprint density at radius 2 is 1.72 bits per heavy atom. The average Bonchev–Trinajstić information content (AvgIpc) is 3.22. The van der Waals surface area contributed by atoms with E-state index in [1.807, 2.05) is 49.4 Å². The molecule has 8 nitrogen and oxygen atoms in total. The fourth-order valence-corrected chi connectivity index (χ4v) is 4.94. The highest BCUT2D eigenvalue weighted by Gasteiger charge is 2.27. The van der Waals surface area contributed by atoms with Crippen molar-refractivity contribution in [3.63, 3.8) is 0 Å². The Bertz CT molecular complexity index is 1480. The zero-order valence-corrected chi connectivity index (χ0v) is 21.0. The number of rotatable bonds is 7. The lowest BCUT2D eigenvalue weighted by molar-refractivity contribution is 0.0601. The molecule has 2 aromatic heterocycles. The molecule has 0 aliphatic carbocycles. The summed E-state index contributed by atoms with van der Waals surface area (Å²) in [4.78, 5) is 43.2. The number of aromatic nitrogens is 1. The number of amides is 1. The highest BCUT2D eigenvalue weighted by atomic mass is 32.1. The highest BCUT2D eigenvalue weighted by molar-refractivity contribution is 7.18. The molecule has 0 radical (unpaired) electrons. The first kappa shape index (κ1) is 24.9. The number of hydrogen-bond acceptors (Lipinski definition) is 8. The lowest BCUT2D eigenvalue weighted by atomic mass is 10.0. The quantitative estimate of drug-likeness (QED) is 0.332. The van der Waals surface area contributed by atoms with Crippen LogP contribution in [0.25, 0.3) is 22.2 Å². The van der Waals surface area contributed by atoms with Crippen LogP contribution in [-0.2, 0) is 9.47 Å². The first-order valence-corrected chi connectivity index (χ1v) is 11.9. The summed E-state index contributed by atoms with van der Waals surface area (Å²) in [6, 6.07) is 16.5. The van der Waals surface area contributed by atoms with Crippen LogP contribution in [0.1, 0.15) is 42.9 Å². The molecule has 4 rings (SSSR count). The summed E-state index contributed by atoms with van der Waals surface area (Å²) < 4.78 is 15.3. The van der Waals surface area contributed by atoms with E-state index in [2.05, 4.69) is 5.32 Å². The van der Waals surface area contributed by atoms with Crippen LogP contribution in [0, 0.1) is 6.92 Å². The number of methoxy groups -OCH3 is 2. The van der Waals surface area contributed by atoms with Crippen molar-refractivity contribution < 1.29 is 28.6 Å². The van der Waals surface area contributed by atoms with E-state index in [0.29, 0.717) is 40.1 Å². The Balaban J connectivity index is 1.81. The maximum Gasteiger partial charge on any atom is 0.348 e. The zero-order chi connectivity index (χ0) is 25.8. The molecule has 1 amide bonds. The summed E-state index contributed by atoms with van der Waals surface area (Å²) in [5, 5.41) is 3.64. The Kier molecular flexibility index (Phi) is 7.30. The number of nitrogens with one attached hydrogen (secondary N) is 1. The topological polar surface area (TPSA) is 104 Å². The van der Waals surface area contributed by atoms with E-state index in [1.54, 1.807) is 19.1 Å². The molecule has 1 N–H and O–H groups in total. The van der Waals surface area contributed by atoms with E-state index in [0.717, 1.165) is 16.9 Å². The third kappa shape index (κ3) is 4.78. The summed E-state index contributed by atoms with van der Waals surface area (Å²) >= 11 is 0.959. The fourth-order valence-electron chi connectivity index (χ4n) is 3.83. The largest absolute Gasteiger partial charge is 0.494 e. The molecular formula is C27H24N2O6S. The maximum absolute atomic E-state index is 13.6. The molecule has 184 valence electrons. The lowest BCUT2D eigenvalue weighted by Gasteiger charge is -2.12. The summed E-state index contributed by atoms with van der Waals surface area (Å²) in [5.41, 5.74) is 2.86. The van der Waals surface area contributed by atoms with Crippen LogP contribution in [0.5, 0.6) is 5.75 Å². The standard InChI is InChI=1S/C27H24N2O6S/c1-5-35-17-10-8-9-16(13-17)21-14-19(18-11-6-7-12-20(18)28-21)24(30)29-25-22(26(31)33-3)15(2)23(36-25)27(32)34-4/h6-14H,5H2,1-4H3,(H,29,30). The molecule has 0 saturated carbocycles. The molecule has 0 atom stereocenters. The minimum atomic E-state index is -0.665. The van der Waals surface area contributed by atoms with Crippen LogP contribution in [0.2, 0.25) is 0 Å². The normalized spacial score (nSPS) is 10.7. The molecule has 0 aliphatic heterocycles. The number of ether oxygens (including phenoxy) is 3. The van der Waals surface area contributed by atoms with Crippen LogP contribution in [0.15, 0.2) is 54.6 Å². The average molecular weight is 505 g/mol. The number of para-hydroxylation sites is 1. The molecule has 0 bridgehead atoms. The number of anilines is 1. The van der Waals surface area contributed by atoms with Crippen molar-refractivity contribution in [1.29, 1.82) is 0 Å². The van der Waals surface area contributed by atoms with Gasteiger partial charge in [-0.15, -0.1) is 11.3 Å². The Morgan fingerprint density at radius 1 is 0.972 bits per heavy atom. The molecule has 9 heteroatoms. The molecule has 2 aromatic carbocycles. The number of carbonyl (C=O) groups excluding carboxylic acids is 3. The van der Waals surface area contributed by atoms with Crippen molar-refractivity contribution in [3.05, 3.63) is 76.2 Å². The number of thiophene rings is 1. The van der Waals surface area contributed by atoms with Gasteiger partial charge in [-0.2, -0.15) is 0 Å². The predicted molar refractivity (Wildman–Crippen MR) is 138 cm³/mol. The van der Waals surface area contributed by atoms with E-state index in [1.165, 1.54) is 14.2 Å². The van der Waals surface area contributed by atoms with Gasteiger partial charge in [0.25, 0.3) is 5.91 Å². The van der Waals surface area contributed by atoms with E-state index in [-0.39, 0.29) is 15.4 Å². The van der Waals surface area contributed by atoms with Crippen LogP contribution in [0.3, 0.4) is 0 Å². The van der Waals surface area contributed by atoms with Crippen LogP contribution >= 0.6 is 11.3 Å². The van der Waals surface area contributed by atoms with Gasteiger partial charge in [0.1, 0.15) is 15.6 Å². The van der Waals surface area contributed by atoms with Gasteiger partial charge in [-0.05, 0) is 43.7 Å². The van der Waals surface area contributed by atoms with Gasteiger partial charge < -0.3 is 19.5 Å². The Labute approximate surface area is 211 Å². The second kappa shape index (κ2) is 10.6. The van der Waals surface area contributed by atoms with Gasteiger partial charge in [0.2, 0.25) is 0 Å². The molecule has 36 heavy (non-hydrogen) atoms. The number of pyridine rings is 1. The summed E-state index contributed by atoms with van der Waals surface area (Å²) in [6.45, 7) is 4.04.